The predicted molar refractivity (Wildman–Crippen MR) is 93.0 cm³/mol. The van der Waals surface area contributed by atoms with Crippen LogP contribution < -0.4 is 0 Å². The van der Waals surface area contributed by atoms with Crippen LogP contribution in [0, 0.1) is 11.8 Å². The van der Waals surface area contributed by atoms with Crippen LogP contribution in [0.15, 0.2) is 0 Å². The summed E-state index contributed by atoms with van der Waals surface area (Å²) < 4.78 is 12.3. The van der Waals surface area contributed by atoms with Crippen molar-refractivity contribution < 1.29 is 9.47 Å². The van der Waals surface area contributed by atoms with Crippen LogP contribution in [0.1, 0.15) is 97.3 Å². The molecule has 22 heavy (non-hydrogen) atoms. The van der Waals surface area contributed by atoms with Gasteiger partial charge in [0.15, 0.2) is 6.29 Å². The minimum atomic E-state index is 0.108. The minimum absolute atomic E-state index is 0.108. The predicted octanol–water partition coefficient (Wildman–Crippen LogP) is 6.09. The average Bonchev–Trinajstić information content (AvgIpc) is 2.56. The Morgan fingerprint density at radius 3 is 2.27 bits per heavy atom. The van der Waals surface area contributed by atoms with E-state index in [0.29, 0.717) is 12.0 Å². The maximum Gasteiger partial charge on any atom is 0.160 e. The van der Waals surface area contributed by atoms with Crippen LogP contribution in [0.2, 0.25) is 0 Å². The molecule has 0 N–H and O–H groups in total. The smallest absolute Gasteiger partial charge is 0.160 e. The summed E-state index contributed by atoms with van der Waals surface area (Å²) >= 11 is 0. The van der Waals surface area contributed by atoms with Crippen molar-refractivity contribution in [1.82, 2.24) is 0 Å². The highest BCUT2D eigenvalue weighted by Crippen LogP contribution is 2.36. The fourth-order valence-corrected chi connectivity index (χ4v) is 4.21. The molecule has 0 aromatic carbocycles. The molecule has 2 aliphatic rings. The highest BCUT2D eigenvalue weighted by Gasteiger charge is 2.32. The van der Waals surface area contributed by atoms with E-state index < -0.39 is 0 Å². The molecule has 2 rings (SSSR count). The number of ether oxygens (including phenoxy) is 2. The third-order valence-electron chi connectivity index (χ3n) is 5.65. The van der Waals surface area contributed by atoms with Crippen LogP contribution in [0.3, 0.4) is 0 Å². The number of hydrogen-bond acceptors (Lipinski definition) is 2. The van der Waals surface area contributed by atoms with Gasteiger partial charge in [0, 0.05) is 5.92 Å². The Morgan fingerprint density at radius 1 is 0.773 bits per heavy atom. The summed E-state index contributed by atoms with van der Waals surface area (Å²) in [6, 6.07) is 0. The quantitative estimate of drug-likeness (QED) is 0.480. The normalized spacial score (nSPS) is 33.0. The molecule has 1 aliphatic carbocycles. The Hall–Kier alpha value is -0.0800. The molecule has 2 nitrogen and oxygen atoms in total. The van der Waals surface area contributed by atoms with Gasteiger partial charge in [-0.25, -0.2) is 0 Å². The molecule has 2 atom stereocenters. The summed E-state index contributed by atoms with van der Waals surface area (Å²) in [6.07, 6.45) is 17.9. The first-order chi connectivity index (χ1) is 10.8. The third kappa shape index (κ3) is 6.20. The molecule has 0 spiro atoms. The maximum absolute atomic E-state index is 6.31. The lowest BCUT2D eigenvalue weighted by Gasteiger charge is -2.38. The molecule has 130 valence electrons. The molecule has 0 amide bonds. The van der Waals surface area contributed by atoms with Crippen molar-refractivity contribution in [3.8, 4) is 0 Å². The van der Waals surface area contributed by atoms with Crippen molar-refractivity contribution in [1.29, 1.82) is 0 Å². The SMILES string of the molecule is CCCCCCCC1CCOC([C@H]2CC[C@H](CCC)CC2)O1. The Labute approximate surface area is 138 Å². The summed E-state index contributed by atoms with van der Waals surface area (Å²) in [4.78, 5) is 0. The molecule has 0 bridgehead atoms. The monoisotopic (exact) mass is 310 g/mol. The third-order valence-corrected chi connectivity index (χ3v) is 5.65. The summed E-state index contributed by atoms with van der Waals surface area (Å²) in [7, 11) is 0. The van der Waals surface area contributed by atoms with E-state index in [1.165, 1.54) is 77.0 Å². The van der Waals surface area contributed by atoms with Crippen LogP contribution in [-0.2, 0) is 9.47 Å². The van der Waals surface area contributed by atoms with Gasteiger partial charge in [-0.3, -0.25) is 0 Å². The van der Waals surface area contributed by atoms with Crippen molar-refractivity contribution in [2.45, 2.75) is 110 Å². The second-order valence-electron chi connectivity index (χ2n) is 7.56. The van der Waals surface area contributed by atoms with Crippen molar-refractivity contribution in [3.63, 3.8) is 0 Å². The van der Waals surface area contributed by atoms with Crippen LogP contribution in [-0.4, -0.2) is 19.0 Å². The molecule has 1 heterocycles. The van der Waals surface area contributed by atoms with Gasteiger partial charge in [0.2, 0.25) is 0 Å². The second-order valence-corrected chi connectivity index (χ2v) is 7.56. The molecule has 1 aliphatic heterocycles. The van der Waals surface area contributed by atoms with E-state index in [1.54, 1.807) is 0 Å². The van der Waals surface area contributed by atoms with Gasteiger partial charge in [0.25, 0.3) is 0 Å². The lowest BCUT2D eigenvalue weighted by atomic mass is 9.79. The molecular formula is C20H38O2. The zero-order valence-electron chi connectivity index (χ0n) is 15.0. The molecular weight excluding hydrogens is 272 g/mol. The lowest BCUT2D eigenvalue weighted by Crippen LogP contribution is -2.38. The second kappa shape index (κ2) is 10.6. The Bertz CT molecular complexity index is 271. The molecule has 2 unspecified atom stereocenters. The first kappa shape index (κ1) is 18.3. The van der Waals surface area contributed by atoms with Gasteiger partial charge >= 0.3 is 0 Å². The topological polar surface area (TPSA) is 18.5 Å². The number of hydrogen-bond donors (Lipinski definition) is 0. The van der Waals surface area contributed by atoms with Gasteiger partial charge in [-0.15, -0.1) is 0 Å². The number of rotatable bonds is 9. The van der Waals surface area contributed by atoms with Crippen LogP contribution in [0.25, 0.3) is 0 Å². The highest BCUT2D eigenvalue weighted by atomic mass is 16.7. The largest absolute Gasteiger partial charge is 0.352 e. The van der Waals surface area contributed by atoms with Gasteiger partial charge in [0.1, 0.15) is 0 Å². The lowest BCUT2D eigenvalue weighted by molar-refractivity contribution is -0.241. The Kier molecular flexibility index (Phi) is 8.84. The zero-order valence-corrected chi connectivity index (χ0v) is 15.0. The van der Waals surface area contributed by atoms with E-state index >= 15 is 0 Å². The van der Waals surface area contributed by atoms with Gasteiger partial charge in [-0.1, -0.05) is 58.8 Å². The van der Waals surface area contributed by atoms with Crippen LogP contribution in [0.5, 0.6) is 0 Å². The van der Waals surface area contributed by atoms with Crippen LogP contribution in [0.4, 0.5) is 0 Å². The minimum Gasteiger partial charge on any atom is -0.352 e. The van der Waals surface area contributed by atoms with E-state index in [2.05, 4.69) is 13.8 Å². The molecule has 2 heteroatoms. The van der Waals surface area contributed by atoms with E-state index in [9.17, 15) is 0 Å². The maximum atomic E-state index is 6.31. The van der Waals surface area contributed by atoms with Crippen LogP contribution >= 0.6 is 0 Å². The first-order valence-electron chi connectivity index (χ1n) is 10.1. The van der Waals surface area contributed by atoms with Crippen molar-refractivity contribution in [2.75, 3.05) is 6.61 Å². The van der Waals surface area contributed by atoms with Gasteiger partial charge in [-0.05, 0) is 44.4 Å². The molecule has 0 aromatic rings. The average molecular weight is 311 g/mol. The van der Waals surface area contributed by atoms with Crippen molar-refractivity contribution >= 4 is 0 Å². The number of unbranched alkanes of at least 4 members (excludes halogenated alkanes) is 4. The fourth-order valence-electron chi connectivity index (χ4n) is 4.21. The molecule has 0 radical (unpaired) electrons. The van der Waals surface area contributed by atoms with E-state index in [1.807, 2.05) is 0 Å². The summed E-state index contributed by atoms with van der Waals surface area (Å²) in [5.41, 5.74) is 0. The first-order valence-corrected chi connectivity index (χ1v) is 10.1. The molecule has 1 saturated heterocycles. The Balaban J connectivity index is 1.63. The van der Waals surface area contributed by atoms with Crippen molar-refractivity contribution in [2.24, 2.45) is 11.8 Å². The van der Waals surface area contributed by atoms with Gasteiger partial charge in [-0.2, -0.15) is 0 Å². The van der Waals surface area contributed by atoms with Gasteiger partial charge in [0.05, 0.1) is 12.7 Å². The highest BCUT2D eigenvalue weighted by molar-refractivity contribution is 4.77. The van der Waals surface area contributed by atoms with Gasteiger partial charge < -0.3 is 9.47 Å². The van der Waals surface area contributed by atoms with Crippen molar-refractivity contribution in [3.05, 3.63) is 0 Å². The summed E-state index contributed by atoms with van der Waals surface area (Å²) in [5, 5.41) is 0. The summed E-state index contributed by atoms with van der Waals surface area (Å²) in [5.74, 6) is 1.63. The van der Waals surface area contributed by atoms with E-state index in [0.717, 1.165) is 18.9 Å². The zero-order chi connectivity index (χ0) is 15.6. The summed E-state index contributed by atoms with van der Waals surface area (Å²) in [6.45, 7) is 5.51. The Morgan fingerprint density at radius 2 is 1.55 bits per heavy atom. The molecule has 2 fully saturated rings. The fraction of sp³-hybridized carbons (Fsp3) is 1.00. The van der Waals surface area contributed by atoms with E-state index in [4.69, 9.17) is 9.47 Å². The van der Waals surface area contributed by atoms with E-state index in [-0.39, 0.29) is 6.29 Å². The molecule has 0 aromatic heterocycles. The molecule has 1 saturated carbocycles. The standard InChI is InChI=1S/C20H38O2/c1-3-5-6-7-8-10-19-15-16-21-20(22-19)18-13-11-17(9-4-2)12-14-18/h17-20H,3-16H2,1-2H3/t17-,18-,19?,20?.